The van der Waals surface area contributed by atoms with Crippen LogP contribution in [0.4, 0.5) is 0 Å². The Balaban J connectivity index is 1.56. The molecule has 4 nitrogen and oxygen atoms in total. The fourth-order valence-corrected chi connectivity index (χ4v) is 3.05. The standard InChI is InChI=1S/C25H22N2O2/c1-18-10-12-19(13-11-18)14-15-21-16-22(27-26-21)25-23(28)8-5-9-24(25)29-17-20-6-3-2-4-7-20/h2-16,28H,17H2,1H3,(H,26,27)/b15-14+. The number of phenols is 1. The van der Waals surface area contributed by atoms with E-state index in [0.29, 0.717) is 23.6 Å². The van der Waals surface area contributed by atoms with Gasteiger partial charge >= 0.3 is 0 Å². The third-order valence-corrected chi connectivity index (χ3v) is 4.63. The van der Waals surface area contributed by atoms with Crippen LogP contribution in [0, 0.1) is 6.92 Å². The fourth-order valence-electron chi connectivity index (χ4n) is 3.05. The average molecular weight is 382 g/mol. The number of hydrogen-bond donors (Lipinski definition) is 2. The van der Waals surface area contributed by atoms with Gasteiger partial charge in [0.1, 0.15) is 23.8 Å². The van der Waals surface area contributed by atoms with Crippen molar-refractivity contribution in [3.8, 4) is 22.8 Å². The summed E-state index contributed by atoms with van der Waals surface area (Å²) in [5, 5.41) is 17.8. The first-order valence-electron chi connectivity index (χ1n) is 9.48. The van der Waals surface area contributed by atoms with E-state index in [1.807, 2.05) is 54.6 Å². The zero-order valence-electron chi connectivity index (χ0n) is 16.2. The lowest BCUT2D eigenvalue weighted by molar-refractivity contribution is 0.306. The molecule has 3 aromatic carbocycles. The maximum absolute atomic E-state index is 10.4. The number of aromatic nitrogens is 2. The number of H-pyrrole nitrogens is 1. The van der Waals surface area contributed by atoms with E-state index in [2.05, 4.69) is 41.4 Å². The molecule has 29 heavy (non-hydrogen) atoms. The molecule has 0 fully saturated rings. The number of aromatic hydroxyl groups is 1. The summed E-state index contributed by atoms with van der Waals surface area (Å²) in [6.45, 7) is 2.49. The quantitative estimate of drug-likeness (QED) is 0.440. The molecule has 0 atom stereocenters. The topological polar surface area (TPSA) is 58.1 Å². The van der Waals surface area contributed by atoms with Gasteiger partial charge in [0.15, 0.2) is 0 Å². The molecule has 2 N–H and O–H groups in total. The van der Waals surface area contributed by atoms with Crippen LogP contribution >= 0.6 is 0 Å². The molecule has 0 aliphatic carbocycles. The van der Waals surface area contributed by atoms with Crippen LogP contribution < -0.4 is 4.74 Å². The van der Waals surface area contributed by atoms with Crippen molar-refractivity contribution in [2.45, 2.75) is 13.5 Å². The van der Waals surface area contributed by atoms with E-state index in [9.17, 15) is 5.11 Å². The average Bonchev–Trinajstić information content (AvgIpc) is 3.21. The lowest BCUT2D eigenvalue weighted by atomic mass is 10.1. The minimum absolute atomic E-state index is 0.135. The van der Waals surface area contributed by atoms with Crippen molar-refractivity contribution in [3.05, 3.63) is 101 Å². The number of aromatic amines is 1. The van der Waals surface area contributed by atoms with Crippen LogP contribution in [0.3, 0.4) is 0 Å². The molecule has 0 aliphatic rings. The van der Waals surface area contributed by atoms with Gasteiger partial charge in [-0.1, -0.05) is 72.3 Å². The molecule has 144 valence electrons. The molecule has 0 aliphatic heterocycles. The number of nitrogens with one attached hydrogen (secondary N) is 1. The molecule has 4 aromatic rings. The van der Waals surface area contributed by atoms with E-state index in [0.717, 1.165) is 16.8 Å². The van der Waals surface area contributed by atoms with Crippen molar-refractivity contribution in [2.75, 3.05) is 0 Å². The zero-order valence-corrected chi connectivity index (χ0v) is 16.2. The second-order valence-corrected chi connectivity index (χ2v) is 6.88. The van der Waals surface area contributed by atoms with Gasteiger partial charge in [-0.3, -0.25) is 5.10 Å². The van der Waals surface area contributed by atoms with Crippen LogP contribution in [0.1, 0.15) is 22.4 Å². The summed E-state index contributed by atoms with van der Waals surface area (Å²) in [6.07, 6.45) is 3.99. The maximum atomic E-state index is 10.4. The van der Waals surface area contributed by atoms with E-state index in [1.165, 1.54) is 5.56 Å². The van der Waals surface area contributed by atoms with Crippen LogP contribution in [0.15, 0.2) is 78.9 Å². The molecular formula is C25H22N2O2. The highest BCUT2D eigenvalue weighted by Crippen LogP contribution is 2.37. The van der Waals surface area contributed by atoms with Gasteiger partial charge in [-0.25, -0.2) is 0 Å². The number of hydrogen-bond acceptors (Lipinski definition) is 3. The van der Waals surface area contributed by atoms with Gasteiger partial charge in [0.2, 0.25) is 0 Å². The minimum Gasteiger partial charge on any atom is -0.507 e. The first-order chi connectivity index (χ1) is 14.2. The number of aryl methyl sites for hydroxylation is 1. The van der Waals surface area contributed by atoms with Gasteiger partial charge in [-0.15, -0.1) is 0 Å². The van der Waals surface area contributed by atoms with Crippen LogP contribution in [0.5, 0.6) is 11.5 Å². The zero-order chi connectivity index (χ0) is 20.1. The van der Waals surface area contributed by atoms with E-state index in [1.54, 1.807) is 12.1 Å². The first-order valence-corrected chi connectivity index (χ1v) is 9.48. The first kappa shape index (κ1) is 18.6. The smallest absolute Gasteiger partial charge is 0.133 e. The summed E-state index contributed by atoms with van der Waals surface area (Å²) in [4.78, 5) is 0. The van der Waals surface area contributed by atoms with Crippen molar-refractivity contribution >= 4 is 12.2 Å². The number of rotatable bonds is 6. The second kappa shape index (κ2) is 8.48. The van der Waals surface area contributed by atoms with Crippen LogP contribution in [-0.2, 0) is 6.61 Å². The van der Waals surface area contributed by atoms with Gasteiger partial charge < -0.3 is 9.84 Å². The second-order valence-electron chi connectivity index (χ2n) is 6.88. The van der Waals surface area contributed by atoms with Crippen molar-refractivity contribution < 1.29 is 9.84 Å². The summed E-state index contributed by atoms with van der Waals surface area (Å²) in [6, 6.07) is 25.4. The Morgan fingerprint density at radius 3 is 2.52 bits per heavy atom. The van der Waals surface area contributed by atoms with Gasteiger partial charge in [-0.2, -0.15) is 5.10 Å². The van der Waals surface area contributed by atoms with Crippen LogP contribution in [0.2, 0.25) is 0 Å². The minimum atomic E-state index is 0.135. The summed E-state index contributed by atoms with van der Waals surface area (Å²) in [5.74, 6) is 0.727. The predicted molar refractivity (Wildman–Crippen MR) is 117 cm³/mol. The van der Waals surface area contributed by atoms with E-state index in [-0.39, 0.29) is 5.75 Å². The third kappa shape index (κ3) is 4.55. The fraction of sp³-hybridized carbons (Fsp3) is 0.0800. The Labute approximate surface area is 170 Å². The van der Waals surface area contributed by atoms with E-state index >= 15 is 0 Å². The lowest BCUT2D eigenvalue weighted by Gasteiger charge is -2.11. The molecule has 0 amide bonds. The molecule has 4 heteroatoms. The number of nitrogens with zero attached hydrogens (tertiary/aromatic N) is 1. The Bertz CT molecular complexity index is 1110. The summed E-state index contributed by atoms with van der Waals surface area (Å²) in [5.41, 5.74) is 5.46. The molecule has 0 radical (unpaired) electrons. The summed E-state index contributed by atoms with van der Waals surface area (Å²) in [7, 11) is 0. The Morgan fingerprint density at radius 2 is 1.72 bits per heavy atom. The lowest BCUT2D eigenvalue weighted by Crippen LogP contribution is -1.97. The highest BCUT2D eigenvalue weighted by atomic mass is 16.5. The maximum Gasteiger partial charge on any atom is 0.133 e. The van der Waals surface area contributed by atoms with Crippen LogP contribution in [0.25, 0.3) is 23.4 Å². The highest BCUT2D eigenvalue weighted by Gasteiger charge is 2.14. The highest BCUT2D eigenvalue weighted by molar-refractivity contribution is 5.76. The normalized spacial score (nSPS) is 11.1. The van der Waals surface area contributed by atoms with Gasteiger partial charge in [0.25, 0.3) is 0 Å². The molecule has 4 rings (SSSR count). The van der Waals surface area contributed by atoms with Crippen molar-refractivity contribution in [3.63, 3.8) is 0 Å². The molecule has 0 bridgehead atoms. The van der Waals surface area contributed by atoms with Crippen molar-refractivity contribution in [2.24, 2.45) is 0 Å². The molecule has 1 heterocycles. The molecule has 0 saturated heterocycles. The van der Waals surface area contributed by atoms with E-state index < -0.39 is 0 Å². The van der Waals surface area contributed by atoms with Crippen molar-refractivity contribution in [1.82, 2.24) is 10.2 Å². The molecule has 0 unspecified atom stereocenters. The Hall–Kier alpha value is -3.79. The van der Waals surface area contributed by atoms with E-state index in [4.69, 9.17) is 4.74 Å². The predicted octanol–water partition coefficient (Wildman–Crippen LogP) is 5.84. The van der Waals surface area contributed by atoms with Crippen LogP contribution in [-0.4, -0.2) is 15.3 Å². The Kier molecular flexibility index (Phi) is 5.43. The largest absolute Gasteiger partial charge is 0.507 e. The summed E-state index contributed by atoms with van der Waals surface area (Å²) < 4.78 is 5.98. The molecule has 0 spiro atoms. The third-order valence-electron chi connectivity index (χ3n) is 4.63. The molecular weight excluding hydrogens is 360 g/mol. The van der Waals surface area contributed by atoms with Gasteiger partial charge in [-0.05, 0) is 42.3 Å². The molecule has 0 saturated carbocycles. The number of benzene rings is 3. The summed E-state index contributed by atoms with van der Waals surface area (Å²) >= 11 is 0. The monoisotopic (exact) mass is 382 g/mol. The molecule has 1 aromatic heterocycles. The van der Waals surface area contributed by atoms with Crippen molar-refractivity contribution in [1.29, 1.82) is 0 Å². The number of phenolic OH excluding ortho intramolecular Hbond substituents is 1. The van der Waals surface area contributed by atoms with Gasteiger partial charge in [0.05, 0.1) is 11.3 Å². The Morgan fingerprint density at radius 1 is 0.931 bits per heavy atom. The SMILES string of the molecule is Cc1ccc(/C=C/c2cc(-c3c(O)cccc3OCc3ccccc3)n[nH]2)cc1. The van der Waals surface area contributed by atoms with Gasteiger partial charge in [0, 0.05) is 0 Å². The number of ether oxygens (including phenoxy) is 1.